The zero-order valence-electron chi connectivity index (χ0n) is 20.6. The van der Waals surface area contributed by atoms with Crippen LogP contribution < -0.4 is 19.6 Å². The number of carbonyl (C=O) groups is 1. The topological polar surface area (TPSA) is 145 Å². The largest absolute Gasteiger partial charge is 0.504 e. The lowest BCUT2D eigenvalue weighted by molar-refractivity contribution is 0.0257. The third-order valence-corrected chi connectivity index (χ3v) is 7.40. The highest BCUT2D eigenvalue weighted by molar-refractivity contribution is 6.38. The first kappa shape index (κ1) is 22.7. The summed E-state index contributed by atoms with van der Waals surface area (Å²) in [5.74, 6) is -0.824. The van der Waals surface area contributed by atoms with E-state index in [1.807, 2.05) is 0 Å². The summed E-state index contributed by atoms with van der Waals surface area (Å²) in [6, 6.07) is 2.65. The van der Waals surface area contributed by atoms with Crippen LogP contribution in [-0.4, -0.2) is 47.4 Å². The van der Waals surface area contributed by atoms with Gasteiger partial charge in [0.2, 0.25) is 12.6 Å². The van der Waals surface area contributed by atoms with Crippen LogP contribution in [0.3, 0.4) is 0 Å². The molecule has 0 saturated carbocycles. The van der Waals surface area contributed by atoms with Gasteiger partial charge in [-0.05, 0) is 19.2 Å². The van der Waals surface area contributed by atoms with Crippen molar-refractivity contribution in [3.05, 3.63) is 39.2 Å². The Morgan fingerprint density at radius 1 is 1.00 bits per heavy atom. The van der Waals surface area contributed by atoms with Crippen LogP contribution in [0.4, 0.5) is 0 Å². The number of rotatable bonds is 3. The van der Waals surface area contributed by atoms with Crippen molar-refractivity contribution in [3.63, 3.8) is 0 Å². The van der Waals surface area contributed by atoms with Gasteiger partial charge in [0.05, 0.1) is 18.6 Å². The number of esters is 1. The van der Waals surface area contributed by atoms with Gasteiger partial charge >= 0.3 is 5.97 Å². The van der Waals surface area contributed by atoms with E-state index >= 15 is 0 Å². The zero-order valence-corrected chi connectivity index (χ0v) is 20.6. The Hall–Kier alpha value is -4.44. The number of ether oxygens (including phenoxy) is 4. The SMILES string of the molecule is COc1c(O)c2c(=O)cc3c4c5c(cc(O)c6oc7c(c(c(c1C[C@@H](C)O)c24)c65)C[C@@H](C)OC7=O)OCO3. The number of aliphatic hydroxyl groups excluding tert-OH is 1. The lowest BCUT2D eigenvalue weighted by Gasteiger charge is -2.26. The molecule has 0 amide bonds. The molecule has 0 saturated heterocycles. The Labute approximate surface area is 213 Å². The highest BCUT2D eigenvalue weighted by Gasteiger charge is 2.36. The molecule has 0 radical (unpaired) electrons. The molecule has 2 atom stereocenters. The van der Waals surface area contributed by atoms with Crippen LogP contribution in [0.1, 0.15) is 35.5 Å². The summed E-state index contributed by atoms with van der Waals surface area (Å²) in [7, 11) is 1.37. The minimum Gasteiger partial charge on any atom is -0.504 e. The van der Waals surface area contributed by atoms with Crippen molar-refractivity contribution in [2.45, 2.75) is 38.9 Å². The molecule has 38 heavy (non-hydrogen) atoms. The predicted molar refractivity (Wildman–Crippen MR) is 136 cm³/mol. The molecule has 0 bridgehead atoms. The minimum absolute atomic E-state index is 0.00856. The van der Waals surface area contributed by atoms with E-state index in [2.05, 4.69) is 0 Å². The van der Waals surface area contributed by atoms with Crippen LogP contribution >= 0.6 is 0 Å². The Bertz CT molecular complexity index is 1920. The number of phenolic OH excluding ortho intramolecular Hbond substituents is 2. The number of aromatic hydroxyl groups is 2. The molecule has 1 aromatic heterocycles. The molecule has 194 valence electrons. The molecule has 5 aromatic rings. The second-order valence-corrected chi connectivity index (χ2v) is 9.87. The number of aliphatic hydroxyl groups is 1. The highest BCUT2D eigenvalue weighted by Crippen LogP contribution is 2.55. The third kappa shape index (κ3) is 2.75. The number of hydrogen-bond acceptors (Lipinski definition) is 10. The molecule has 3 heterocycles. The standard InChI is InChI=1S/C28H22O10/c1-9(29)4-11-17-18-12-5-10(2)37-28(33)26(12)38-27-14(31)7-16-21(23(18)27)20-15(35-8-36-16)6-13(30)19(22(17)20)24(32)25(11)34-3/h6-7,9-10,29,31-32H,4-5,8H2,1-3H3/t9-,10-/m1/s1. The van der Waals surface area contributed by atoms with Gasteiger partial charge in [0, 0.05) is 63.0 Å². The van der Waals surface area contributed by atoms with Crippen molar-refractivity contribution < 1.29 is 43.5 Å². The van der Waals surface area contributed by atoms with E-state index in [1.54, 1.807) is 13.8 Å². The van der Waals surface area contributed by atoms with Crippen LogP contribution in [-0.2, 0) is 17.6 Å². The Balaban J connectivity index is 1.93. The summed E-state index contributed by atoms with van der Waals surface area (Å²) >= 11 is 0. The lowest BCUT2D eigenvalue weighted by atomic mass is 9.83. The molecule has 10 nitrogen and oxygen atoms in total. The molecule has 10 heteroatoms. The Kier molecular flexibility index (Phi) is 4.51. The highest BCUT2D eigenvalue weighted by atomic mass is 16.7. The average molecular weight is 518 g/mol. The summed E-state index contributed by atoms with van der Waals surface area (Å²) in [6.07, 6.45) is -0.988. The molecular weight excluding hydrogens is 496 g/mol. The fourth-order valence-corrected chi connectivity index (χ4v) is 6.10. The van der Waals surface area contributed by atoms with Crippen molar-refractivity contribution in [3.8, 4) is 28.7 Å². The van der Waals surface area contributed by atoms with Crippen molar-refractivity contribution in [1.82, 2.24) is 0 Å². The summed E-state index contributed by atoms with van der Waals surface area (Å²) in [5.41, 5.74) is 0.481. The molecule has 3 N–H and O–H groups in total. The number of phenols is 2. The second-order valence-electron chi connectivity index (χ2n) is 9.87. The molecule has 0 fully saturated rings. The first-order valence-electron chi connectivity index (χ1n) is 12.1. The van der Waals surface area contributed by atoms with Gasteiger partial charge in [-0.25, -0.2) is 4.79 Å². The van der Waals surface area contributed by atoms with Crippen molar-refractivity contribution in [1.29, 1.82) is 0 Å². The molecule has 0 aliphatic carbocycles. The number of hydrogen-bond donors (Lipinski definition) is 3. The molecule has 2 aliphatic rings. The normalized spacial score (nSPS) is 17.5. The summed E-state index contributed by atoms with van der Waals surface area (Å²) in [6.45, 7) is 3.13. The minimum atomic E-state index is -0.852. The van der Waals surface area contributed by atoms with Gasteiger partial charge in [-0.2, -0.15) is 0 Å². The van der Waals surface area contributed by atoms with Gasteiger partial charge in [0.25, 0.3) is 0 Å². The molecular formula is C28H22O10. The molecule has 7 rings (SSSR count). The second kappa shape index (κ2) is 7.55. The van der Waals surface area contributed by atoms with Crippen LogP contribution in [0.15, 0.2) is 21.3 Å². The number of carbonyl (C=O) groups excluding carboxylic acids is 1. The third-order valence-electron chi connectivity index (χ3n) is 7.40. The number of methoxy groups -OCH3 is 1. The fraction of sp³-hybridized carbons (Fsp3) is 0.286. The fourth-order valence-electron chi connectivity index (χ4n) is 6.10. The van der Waals surface area contributed by atoms with Crippen LogP contribution in [0.2, 0.25) is 0 Å². The number of benzene rings is 4. The van der Waals surface area contributed by atoms with Crippen LogP contribution in [0.25, 0.3) is 43.3 Å². The van der Waals surface area contributed by atoms with Crippen LogP contribution in [0, 0.1) is 0 Å². The zero-order chi connectivity index (χ0) is 26.6. The lowest BCUT2D eigenvalue weighted by Crippen LogP contribution is -2.25. The van der Waals surface area contributed by atoms with Gasteiger partial charge in [0.15, 0.2) is 28.3 Å². The van der Waals surface area contributed by atoms with Crippen LogP contribution in [0.5, 0.6) is 28.7 Å². The molecule has 0 unspecified atom stereocenters. The van der Waals surface area contributed by atoms with E-state index in [0.29, 0.717) is 43.4 Å². The first-order chi connectivity index (χ1) is 18.2. The van der Waals surface area contributed by atoms with E-state index in [1.165, 1.54) is 19.2 Å². The van der Waals surface area contributed by atoms with E-state index < -0.39 is 23.6 Å². The van der Waals surface area contributed by atoms with Crippen molar-refractivity contribution >= 4 is 49.3 Å². The van der Waals surface area contributed by atoms with E-state index in [9.17, 15) is 24.9 Å². The van der Waals surface area contributed by atoms with Gasteiger partial charge in [0.1, 0.15) is 17.6 Å². The van der Waals surface area contributed by atoms with Crippen molar-refractivity contribution in [2.24, 2.45) is 0 Å². The molecule has 4 aromatic carbocycles. The maximum Gasteiger partial charge on any atom is 0.374 e. The predicted octanol–water partition coefficient (Wildman–Crippen LogP) is 3.86. The van der Waals surface area contributed by atoms with Gasteiger partial charge in [-0.15, -0.1) is 0 Å². The molecule has 0 spiro atoms. The van der Waals surface area contributed by atoms with Gasteiger partial charge in [-0.3, -0.25) is 4.79 Å². The summed E-state index contributed by atoms with van der Waals surface area (Å²) in [5, 5.41) is 35.7. The first-order valence-corrected chi connectivity index (χ1v) is 12.1. The quantitative estimate of drug-likeness (QED) is 0.183. The Morgan fingerprint density at radius 3 is 2.42 bits per heavy atom. The average Bonchev–Trinajstić information content (AvgIpc) is 3.03. The molecule has 2 aliphatic heterocycles. The van der Waals surface area contributed by atoms with Gasteiger partial charge < -0.3 is 38.7 Å². The smallest absolute Gasteiger partial charge is 0.374 e. The Morgan fingerprint density at radius 2 is 1.71 bits per heavy atom. The summed E-state index contributed by atoms with van der Waals surface area (Å²) in [4.78, 5) is 26.4. The maximum absolute atomic E-state index is 13.4. The van der Waals surface area contributed by atoms with Crippen molar-refractivity contribution in [2.75, 3.05) is 13.9 Å². The van der Waals surface area contributed by atoms with E-state index in [0.717, 1.165) is 0 Å². The van der Waals surface area contributed by atoms with E-state index in [-0.39, 0.29) is 65.1 Å². The number of cyclic esters (lactones) is 1. The monoisotopic (exact) mass is 518 g/mol. The van der Waals surface area contributed by atoms with Gasteiger partial charge in [-0.1, -0.05) is 0 Å². The summed E-state index contributed by atoms with van der Waals surface area (Å²) < 4.78 is 28.7. The van der Waals surface area contributed by atoms with E-state index in [4.69, 9.17) is 23.4 Å². The maximum atomic E-state index is 13.4. The number of fused-ring (bicyclic) bond motifs is 3.